The summed E-state index contributed by atoms with van der Waals surface area (Å²) in [5.74, 6) is -1.02. The molecule has 2 fully saturated rings. The van der Waals surface area contributed by atoms with E-state index in [0.29, 0.717) is 24.1 Å². The number of para-hydroxylation sites is 1. The summed E-state index contributed by atoms with van der Waals surface area (Å²) >= 11 is 0. The molecule has 0 spiro atoms. The zero-order valence-electron chi connectivity index (χ0n) is 16.3. The Morgan fingerprint density at radius 2 is 1.67 bits per heavy atom. The highest BCUT2D eigenvalue weighted by molar-refractivity contribution is 7.88. The predicted molar refractivity (Wildman–Crippen MR) is 110 cm³/mol. The SMILES string of the molecule is O=C1CN(C2CCN(S(=O)(=O)Cc3cccc(F)c3)CC2)C(=O)N1c1ccccc1. The number of halogens is 1. The van der Waals surface area contributed by atoms with Crippen LogP contribution in [0.2, 0.25) is 0 Å². The van der Waals surface area contributed by atoms with Gasteiger partial charge in [0.1, 0.15) is 12.4 Å². The van der Waals surface area contributed by atoms with E-state index in [0.717, 1.165) is 0 Å². The Morgan fingerprint density at radius 3 is 2.33 bits per heavy atom. The number of piperidine rings is 1. The van der Waals surface area contributed by atoms with Crippen LogP contribution < -0.4 is 4.90 Å². The molecule has 0 aromatic heterocycles. The van der Waals surface area contributed by atoms with E-state index in [4.69, 9.17) is 0 Å². The number of hydrogen-bond acceptors (Lipinski definition) is 4. The first kappa shape index (κ1) is 20.5. The molecule has 7 nitrogen and oxygen atoms in total. The maximum Gasteiger partial charge on any atom is 0.332 e. The van der Waals surface area contributed by atoms with Crippen molar-refractivity contribution in [3.8, 4) is 0 Å². The average Bonchev–Trinajstić information content (AvgIpc) is 3.02. The normalized spacial score (nSPS) is 19.0. The van der Waals surface area contributed by atoms with Crippen LogP contribution in [0.25, 0.3) is 0 Å². The molecule has 0 radical (unpaired) electrons. The molecule has 2 heterocycles. The number of rotatable bonds is 5. The van der Waals surface area contributed by atoms with Crippen molar-refractivity contribution in [2.75, 3.05) is 24.5 Å². The van der Waals surface area contributed by atoms with Crippen LogP contribution in [0.5, 0.6) is 0 Å². The molecule has 2 aromatic carbocycles. The van der Waals surface area contributed by atoms with Crippen molar-refractivity contribution in [2.45, 2.75) is 24.6 Å². The molecule has 158 valence electrons. The fourth-order valence-electron chi connectivity index (χ4n) is 4.00. The number of hydrogen-bond donors (Lipinski definition) is 0. The summed E-state index contributed by atoms with van der Waals surface area (Å²) in [6.45, 7) is 0.506. The van der Waals surface area contributed by atoms with Gasteiger partial charge in [-0.2, -0.15) is 0 Å². The smallest absolute Gasteiger partial charge is 0.312 e. The van der Waals surface area contributed by atoms with E-state index in [2.05, 4.69) is 0 Å². The van der Waals surface area contributed by atoms with Crippen LogP contribution in [0.3, 0.4) is 0 Å². The number of urea groups is 1. The third-order valence-corrected chi connectivity index (χ3v) is 7.35. The van der Waals surface area contributed by atoms with Gasteiger partial charge in [-0.3, -0.25) is 4.79 Å². The third-order valence-electron chi connectivity index (χ3n) is 5.50. The van der Waals surface area contributed by atoms with E-state index >= 15 is 0 Å². The second-order valence-electron chi connectivity index (χ2n) is 7.49. The standard InChI is InChI=1S/C21H22FN3O4S/c22-17-6-4-5-16(13-17)15-30(28,29)23-11-9-18(10-12-23)24-14-20(26)25(21(24)27)19-7-2-1-3-8-19/h1-8,13,18H,9-12,14-15H2. The van der Waals surface area contributed by atoms with Crippen molar-refractivity contribution < 1.29 is 22.4 Å². The molecule has 0 N–H and O–H groups in total. The lowest BCUT2D eigenvalue weighted by Gasteiger charge is -2.35. The van der Waals surface area contributed by atoms with Crippen molar-refractivity contribution in [1.82, 2.24) is 9.21 Å². The summed E-state index contributed by atoms with van der Waals surface area (Å²) in [4.78, 5) is 28.0. The third kappa shape index (κ3) is 4.08. The average molecular weight is 431 g/mol. The largest absolute Gasteiger partial charge is 0.332 e. The van der Waals surface area contributed by atoms with E-state index < -0.39 is 15.8 Å². The number of carbonyl (C=O) groups excluding carboxylic acids is 2. The summed E-state index contributed by atoms with van der Waals surface area (Å²) in [7, 11) is -3.59. The lowest BCUT2D eigenvalue weighted by molar-refractivity contribution is -0.116. The highest BCUT2D eigenvalue weighted by Gasteiger charge is 2.42. The molecule has 0 saturated carbocycles. The number of anilines is 1. The second-order valence-corrected chi connectivity index (χ2v) is 9.46. The molecular weight excluding hydrogens is 409 g/mol. The zero-order chi connectivity index (χ0) is 21.3. The van der Waals surface area contributed by atoms with Crippen molar-refractivity contribution in [3.05, 3.63) is 66.0 Å². The minimum atomic E-state index is -3.59. The Morgan fingerprint density at radius 1 is 0.967 bits per heavy atom. The van der Waals surface area contributed by atoms with Gasteiger partial charge in [-0.25, -0.2) is 26.8 Å². The lowest BCUT2D eigenvalue weighted by atomic mass is 10.1. The molecule has 2 aromatic rings. The molecule has 2 aliphatic rings. The molecule has 4 rings (SSSR count). The van der Waals surface area contributed by atoms with Crippen LogP contribution >= 0.6 is 0 Å². The summed E-state index contributed by atoms with van der Waals surface area (Å²) in [6.07, 6.45) is 0.897. The van der Waals surface area contributed by atoms with Crippen LogP contribution in [-0.4, -0.2) is 55.2 Å². The highest BCUT2D eigenvalue weighted by atomic mass is 32.2. The molecule has 9 heteroatoms. The van der Waals surface area contributed by atoms with Crippen LogP contribution in [0.1, 0.15) is 18.4 Å². The van der Waals surface area contributed by atoms with Gasteiger partial charge in [-0.05, 0) is 42.7 Å². The topological polar surface area (TPSA) is 78.0 Å². The number of nitrogens with zero attached hydrogens (tertiary/aromatic N) is 3. The summed E-state index contributed by atoms with van der Waals surface area (Å²) < 4.78 is 40.2. The Balaban J connectivity index is 1.40. The maximum absolute atomic E-state index is 13.4. The van der Waals surface area contributed by atoms with Crippen molar-refractivity contribution in [2.24, 2.45) is 0 Å². The van der Waals surface area contributed by atoms with Crippen molar-refractivity contribution in [3.63, 3.8) is 0 Å². The molecule has 2 aliphatic heterocycles. The molecule has 0 bridgehead atoms. The number of amides is 3. The van der Waals surface area contributed by atoms with Crippen LogP contribution in [-0.2, 0) is 20.6 Å². The van der Waals surface area contributed by atoms with E-state index in [1.807, 2.05) is 6.07 Å². The Labute approximate surface area is 174 Å². The second kappa shape index (κ2) is 8.16. The van der Waals surface area contributed by atoms with Crippen molar-refractivity contribution in [1.29, 1.82) is 0 Å². The Kier molecular flexibility index (Phi) is 5.57. The van der Waals surface area contributed by atoms with E-state index in [9.17, 15) is 22.4 Å². The Bertz CT molecular complexity index is 1050. The van der Waals surface area contributed by atoms with E-state index in [1.54, 1.807) is 30.3 Å². The van der Waals surface area contributed by atoms with Gasteiger partial charge >= 0.3 is 6.03 Å². The van der Waals surface area contributed by atoms with Crippen molar-refractivity contribution >= 4 is 27.6 Å². The predicted octanol–water partition coefficient (Wildman–Crippen LogP) is 2.59. The Hall–Kier alpha value is -2.78. The van der Waals surface area contributed by atoms with Gasteiger partial charge in [-0.1, -0.05) is 30.3 Å². The monoisotopic (exact) mass is 431 g/mol. The van der Waals surface area contributed by atoms with Crippen LogP contribution in [0.15, 0.2) is 54.6 Å². The molecule has 0 aliphatic carbocycles. The first-order valence-corrected chi connectivity index (χ1v) is 11.4. The van der Waals surface area contributed by atoms with Gasteiger partial charge in [0.15, 0.2) is 0 Å². The number of imide groups is 1. The van der Waals surface area contributed by atoms with Gasteiger partial charge < -0.3 is 4.90 Å². The van der Waals surface area contributed by atoms with Gasteiger partial charge in [0.25, 0.3) is 5.91 Å². The molecular formula is C21H22FN3O4S. The number of benzene rings is 2. The molecule has 2 saturated heterocycles. The first-order chi connectivity index (χ1) is 14.3. The molecule has 0 unspecified atom stereocenters. The fourth-order valence-corrected chi connectivity index (χ4v) is 5.55. The summed E-state index contributed by atoms with van der Waals surface area (Å²) in [6, 6.07) is 13.8. The van der Waals surface area contributed by atoms with Gasteiger partial charge in [0.2, 0.25) is 10.0 Å². The zero-order valence-corrected chi connectivity index (χ0v) is 17.1. The lowest BCUT2D eigenvalue weighted by Crippen LogP contribution is -2.48. The first-order valence-electron chi connectivity index (χ1n) is 9.76. The van der Waals surface area contributed by atoms with Crippen LogP contribution in [0.4, 0.5) is 14.9 Å². The van der Waals surface area contributed by atoms with Gasteiger partial charge in [0.05, 0.1) is 11.4 Å². The van der Waals surface area contributed by atoms with Gasteiger partial charge in [0, 0.05) is 19.1 Å². The van der Waals surface area contributed by atoms with E-state index in [1.165, 1.54) is 32.3 Å². The highest BCUT2D eigenvalue weighted by Crippen LogP contribution is 2.27. The molecule has 3 amide bonds. The minimum Gasteiger partial charge on any atom is -0.312 e. The number of sulfonamides is 1. The minimum absolute atomic E-state index is 0.00552. The molecule has 30 heavy (non-hydrogen) atoms. The quantitative estimate of drug-likeness (QED) is 0.682. The number of carbonyl (C=O) groups is 2. The maximum atomic E-state index is 13.4. The molecule has 0 atom stereocenters. The van der Waals surface area contributed by atoms with E-state index in [-0.39, 0.29) is 43.4 Å². The summed E-state index contributed by atoms with van der Waals surface area (Å²) in [5.41, 5.74) is 0.932. The van der Waals surface area contributed by atoms with Crippen LogP contribution in [0, 0.1) is 5.82 Å². The summed E-state index contributed by atoms with van der Waals surface area (Å²) in [5, 5.41) is 0. The van der Waals surface area contributed by atoms with Gasteiger partial charge in [-0.15, -0.1) is 0 Å². The fraction of sp³-hybridized carbons (Fsp3) is 0.333.